The van der Waals surface area contributed by atoms with E-state index < -0.39 is 18.0 Å². The van der Waals surface area contributed by atoms with Gasteiger partial charge in [-0.2, -0.15) is 0 Å². The Hall–Kier alpha value is -1.10. The number of rotatable bonds is 3. The number of esters is 1. The van der Waals surface area contributed by atoms with E-state index in [4.69, 9.17) is 10.8 Å². The van der Waals surface area contributed by atoms with E-state index in [-0.39, 0.29) is 6.61 Å². The van der Waals surface area contributed by atoms with Crippen LogP contribution in [0, 0.1) is 0 Å². The summed E-state index contributed by atoms with van der Waals surface area (Å²) in [7, 11) is 0. The van der Waals surface area contributed by atoms with Crippen molar-refractivity contribution in [1.82, 2.24) is 0 Å². The third-order valence-corrected chi connectivity index (χ3v) is 0.807. The number of hydrogen-bond donors (Lipinski definition) is 2. The predicted octanol–water partition coefficient (Wildman–Crippen LogP) is -1.04. The Balaban J connectivity index is 3.82. The molecular weight excluding hydrogens is 138 g/mol. The van der Waals surface area contributed by atoms with E-state index in [1.54, 1.807) is 6.92 Å². The van der Waals surface area contributed by atoms with E-state index in [1.807, 2.05) is 0 Å². The van der Waals surface area contributed by atoms with Gasteiger partial charge in [0.15, 0.2) is 0 Å². The second-order valence-corrected chi connectivity index (χ2v) is 1.57. The molecule has 0 amide bonds. The lowest BCUT2D eigenvalue weighted by molar-refractivity contribution is -0.153. The molecule has 5 heteroatoms. The number of aliphatic carboxylic acids is 1. The van der Waals surface area contributed by atoms with Gasteiger partial charge in [0.2, 0.25) is 6.04 Å². The molecule has 0 aromatic rings. The zero-order valence-corrected chi connectivity index (χ0v) is 5.53. The molecular formula is C5H9NO4. The van der Waals surface area contributed by atoms with Crippen LogP contribution in [-0.2, 0) is 14.3 Å². The summed E-state index contributed by atoms with van der Waals surface area (Å²) in [5, 5.41) is 8.15. The maximum atomic E-state index is 10.5. The number of ether oxygens (including phenoxy) is 1. The minimum absolute atomic E-state index is 0.139. The second-order valence-electron chi connectivity index (χ2n) is 1.57. The molecule has 3 N–H and O–H groups in total. The maximum Gasteiger partial charge on any atom is 0.334 e. The van der Waals surface area contributed by atoms with Crippen LogP contribution in [0.15, 0.2) is 0 Å². The molecule has 0 aliphatic heterocycles. The first kappa shape index (κ1) is 8.90. The summed E-state index contributed by atoms with van der Waals surface area (Å²) >= 11 is 0. The van der Waals surface area contributed by atoms with E-state index in [1.165, 1.54) is 0 Å². The smallest absolute Gasteiger partial charge is 0.334 e. The van der Waals surface area contributed by atoms with Crippen molar-refractivity contribution in [2.75, 3.05) is 6.61 Å². The molecule has 0 radical (unpaired) electrons. The van der Waals surface area contributed by atoms with Gasteiger partial charge in [-0.05, 0) is 6.92 Å². The number of nitrogens with two attached hydrogens (primary N) is 1. The molecule has 0 unspecified atom stereocenters. The van der Waals surface area contributed by atoms with E-state index >= 15 is 0 Å². The van der Waals surface area contributed by atoms with E-state index in [2.05, 4.69) is 4.74 Å². The Kier molecular flexibility index (Phi) is 3.42. The molecule has 0 saturated carbocycles. The first-order valence-corrected chi connectivity index (χ1v) is 2.74. The summed E-state index contributed by atoms with van der Waals surface area (Å²) in [6, 6.07) is -1.56. The molecule has 0 saturated heterocycles. The van der Waals surface area contributed by atoms with Gasteiger partial charge in [-0.3, -0.25) is 0 Å². The summed E-state index contributed by atoms with van der Waals surface area (Å²) in [5.74, 6) is -2.28. The first-order chi connectivity index (χ1) is 4.59. The zero-order chi connectivity index (χ0) is 8.15. The minimum atomic E-state index is -1.56. The van der Waals surface area contributed by atoms with Gasteiger partial charge in [-0.1, -0.05) is 0 Å². The standard InChI is InChI=1S/C5H9NO4/c1-2-10-5(9)3(6)4(7)8/h3H,2,6H2,1H3,(H,7,8)/t3-/m0/s1. The Morgan fingerprint density at radius 3 is 2.50 bits per heavy atom. The van der Waals surface area contributed by atoms with Crippen LogP contribution < -0.4 is 5.73 Å². The Morgan fingerprint density at radius 2 is 2.20 bits per heavy atom. The SMILES string of the molecule is CCOC(=O)[C@@H](N)C(=O)O. The summed E-state index contributed by atoms with van der Waals surface area (Å²) in [6.45, 7) is 1.71. The molecule has 58 valence electrons. The van der Waals surface area contributed by atoms with Crippen molar-refractivity contribution in [2.45, 2.75) is 13.0 Å². The van der Waals surface area contributed by atoms with Crippen LogP contribution >= 0.6 is 0 Å². The third-order valence-electron chi connectivity index (χ3n) is 0.807. The molecule has 0 bridgehead atoms. The highest BCUT2D eigenvalue weighted by molar-refractivity contribution is 5.97. The van der Waals surface area contributed by atoms with Gasteiger partial charge < -0.3 is 15.6 Å². The monoisotopic (exact) mass is 147 g/mol. The fourth-order valence-electron chi connectivity index (χ4n) is 0.333. The summed E-state index contributed by atoms with van der Waals surface area (Å²) in [4.78, 5) is 20.4. The molecule has 5 nitrogen and oxygen atoms in total. The Morgan fingerprint density at radius 1 is 1.70 bits per heavy atom. The van der Waals surface area contributed by atoms with E-state index in [9.17, 15) is 9.59 Å². The Labute approximate surface area is 57.8 Å². The van der Waals surface area contributed by atoms with Gasteiger partial charge in [0.1, 0.15) is 0 Å². The van der Waals surface area contributed by atoms with Crippen LogP contribution in [0.4, 0.5) is 0 Å². The third kappa shape index (κ3) is 2.45. The molecule has 0 aliphatic carbocycles. The molecule has 10 heavy (non-hydrogen) atoms. The van der Waals surface area contributed by atoms with Crippen LogP contribution in [0.3, 0.4) is 0 Å². The van der Waals surface area contributed by atoms with Crippen LogP contribution in [0.5, 0.6) is 0 Å². The van der Waals surface area contributed by atoms with Crippen LogP contribution in [-0.4, -0.2) is 29.7 Å². The van der Waals surface area contributed by atoms with Gasteiger partial charge in [0.25, 0.3) is 0 Å². The van der Waals surface area contributed by atoms with Gasteiger partial charge in [0.05, 0.1) is 6.61 Å². The highest BCUT2D eigenvalue weighted by Gasteiger charge is 2.21. The number of hydrogen-bond acceptors (Lipinski definition) is 4. The van der Waals surface area contributed by atoms with E-state index in [0.29, 0.717) is 0 Å². The quantitative estimate of drug-likeness (QED) is 0.393. The van der Waals surface area contributed by atoms with Crippen molar-refractivity contribution >= 4 is 11.9 Å². The van der Waals surface area contributed by atoms with Crippen molar-refractivity contribution in [3.63, 3.8) is 0 Å². The van der Waals surface area contributed by atoms with Crippen LogP contribution in [0.25, 0.3) is 0 Å². The normalized spacial score (nSPS) is 12.2. The van der Waals surface area contributed by atoms with Crippen molar-refractivity contribution in [3.05, 3.63) is 0 Å². The summed E-state index contributed by atoms with van der Waals surface area (Å²) in [5.41, 5.74) is 4.87. The van der Waals surface area contributed by atoms with Crippen LogP contribution in [0.1, 0.15) is 6.92 Å². The molecule has 1 atom stereocenters. The number of carboxylic acids is 1. The molecule has 0 aliphatic rings. The number of carbonyl (C=O) groups is 2. The largest absolute Gasteiger partial charge is 0.480 e. The van der Waals surface area contributed by atoms with Gasteiger partial charge in [0, 0.05) is 0 Å². The molecule has 0 fully saturated rings. The average Bonchev–Trinajstić information content (AvgIpc) is 1.87. The number of carbonyl (C=O) groups excluding carboxylic acids is 1. The van der Waals surface area contributed by atoms with E-state index in [0.717, 1.165) is 0 Å². The second kappa shape index (κ2) is 3.84. The van der Waals surface area contributed by atoms with Crippen molar-refractivity contribution in [3.8, 4) is 0 Å². The van der Waals surface area contributed by atoms with Crippen molar-refractivity contribution in [2.24, 2.45) is 5.73 Å². The average molecular weight is 147 g/mol. The summed E-state index contributed by atoms with van der Waals surface area (Å²) in [6.07, 6.45) is 0. The van der Waals surface area contributed by atoms with Gasteiger partial charge in [-0.25, -0.2) is 9.59 Å². The van der Waals surface area contributed by atoms with Crippen molar-refractivity contribution < 1.29 is 19.4 Å². The topological polar surface area (TPSA) is 89.6 Å². The summed E-state index contributed by atoms with van der Waals surface area (Å²) < 4.78 is 4.32. The lowest BCUT2D eigenvalue weighted by Gasteiger charge is -2.03. The lowest BCUT2D eigenvalue weighted by Crippen LogP contribution is -2.39. The highest BCUT2D eigenvalue weighted by atomic mass is 16.5. The maximum absolute atomic E-state index is 10.5. The molecule has 0 heterocycles. The molecule has 0 spiro atoms. The molecule has 0 aromatic carbocycles. The highest BCUT2D eigenvalue weighted by Crippen LogP contribution is 1.84. The minimum Gasteiger partial charge on any atom is -0.480 e. The van der Waals surface area contributed by atoms with Crippen molar-refractivity contribution in [1.29, 1.82) is 0 Å². The van der Waals surface area contributed by atoms with Gasteiger partial charge >= 0.3 is 11.9 Å². The van der Waals surface area contributed by atoms with Crippen LogP contribution in [0.2, 0.25) is 0 Å². The zero-order valence-electron chi connectivity index (χ0n) is 5.53. The fraction of sp³-hybridized carbons (Fsp3) is 0.600. The fourth-order valence-corrected chi connectivity index (χ4v) is 0.333. The Bertz CT molecular complexity index is 145. The first-order valence-electron chi connectivity index (χ1n) is 2.74. The lowest BCUT2D eigenvalue weighted by atomic mass is 10.3. The molecule has 0 aromatic heterocycles. The predicted molar refractivity (Wildman–Crippen MR) is 32.2 cm³/mol. The number of carboxylic acid groups (broad SMARTS) is 1. The van der Waals surface area contributed by atoms with Gasteiger partial charge in [-0.15, -0.1) is 0 Å². The molecule has 0 rings (SSSR count).